The highest BCUT2D eigenvalue weighted by Gasteiger charge is 2.23. The van der Waals surface area contributed by atoms with Gasteiger partial charge in [0, 0.05) is 16.8 Å². The van der Waals surface area contributed by atoms with Crippen LogP contribution in [0.3, 0.4) is 0 Å². The van der Waals surface area contributed by atoms with Gasteiger partial charge in [-0.3, -0.25) is 4.79 Å². The lowest BCUT2D eigenvalue weighted by Crippen LogP contribution is -2.34. The molecule has 1 aromatic rings. The first kappa shape index (κ1) is 12.0. The number of aromatic nitrogens is 1. The van der Waals surface area contributed by atoms with Gasteiger partial charge >= 0.3 is 0 Å². The number of carbonyl (C=O) groups excluding carboxylic acids is 1. The first-order valence-electron chi connectivity index (χ1n) is 5.58. The van der Waals surface area contributed by atoms with Gasteiger partial charge < -0.3 is 5.32 Å². The highest BCUT2D eigenvalue weighted by molar-refractivity contribution is 9.09. The standard InChI is InChI=1S/C11H15BrN2OS/c12-9-4-2-1-3-8(9)5-13-11(15)10-6-16-7-14-10/h6-9H,1-5H2,(H,13,15). The molecule has 1 amide bonds. The molecule has 0 aliphatic heterocycles. The van der Waals surface area contributed by atoms with E-state index in [0.29, 0.717) is 16.4 Å². The van der Waals surface area contributed by atoms with Crippen molar-refractivity contribution in [2.75, 3.05) is 6.54 Å². The summed E-state index contributed by atoms with van der Waals surface area (Å²) in [7, 11) is 0. The van der Waals surface area contributed by atoms with Crippen molar-refractivity contribution in [1.82, 2.24) is 10.3 Å². The molecule has 1 aromatic heterocycles. The van der Waals surface area contributed by atoms with Crippen LogP contribution in [0.4, 0.5) is 0 Å². The van der Waals surface area contributed by atoms with Crippen LogP contribution in [0.2, 0.25) is 0 Å². The third kappa shape index (κ3) is 3.04. The maximum absolute atomic E-state index is 11.7. The molecule has 0 radical (unpaired) electrons. The van der Waals surface area contributed by atoms with Crippen LogP contribution in [-0.2, 0) is 0 Å². The summed E-state index contributed by atoms with van der Waals surface area (Å²) in [6.45, 7) is 0.756. The Balaban J connectivity index is 1.80. The summed E-state index contributed by atoms with van der Waals surface area (Å²) in [5.74, 6) is 0.517. The van der Waals surface area contributed by atoms with Gasteiger partial charge in [-0.1, -0.05) is 28.8 Å². The zero-order valence-corrected chi connectivity index (χ0v) is 11.4. The third-order valence-electron chi connectivity index (χ3n) is 3.01. The molecule has 1 heterocycles. The Labute approximate surface area is 108 Å². The van der Waals surface area contributed by atoms with Gasteiger partial charge in [0.1, 0.15) is 5.69 Å². The number of halogens is 1. The Morgan fingerprint density at radius 3 is 3.06 bits per heavy atom. The maximum Gasteiger partial charge on any atom is 0.270 e. The van der Waals surface area contributed by atoms with Gasteiger partial charge in [0.05, 0.1) is 5.51 Å². The van der Waals surface area contributed by atoms with Gasteiger partial charge in [-0.05, 0) is 18.8 Å². The molecule has 2 unspecified atom stereocenters. The minimum atomic E-state index is -0.0495. The van der Waals surface area contributed by atoms with Crippen molar-refractivity contribution in [3.8, 4) is 0 Å². The van der Waals surface area contributed by atoms with Crippen molar-refractivity contribution in [3.05, 3.63) is 16.6 Å². The lowest BCUT2D eigenvalue weighted by atomic mass is 9.89. The number of thiazole rings is 1. The monoisotopic (exact) mass is 302 g/mol. The number of rotatable bonds is 3. The molecule has 88 valence electrons. The topological polar surface area (TPSA) is 42.0 Å². The Bertz CT molecular complexity index is 342. The second kappa shape index (κ2) is 5.77. The molecule has 1 aliphatic carbocycles. The highest BCUT2D eigenvalue weighted by atomic mass is 79.9. The molecule has 1 saturated carbocycles. The van der Waals surface area contributed by atoms with E-state index in [4.69, 9.17) is 0 Å². The largest absolute Gasteiger partial charge is 0.350 e. The van der Waals surface area contributed by atoms with Crippen molar-refractivity contribution in [2.24, 2.45) is 5.92 Å². The normalized spacial score (nSPS) is 25.3. The molecule has 5 heteroatoms. The highest BCUT2D eigenvalue weighted by Crippen LogP contribution is 2.29. The Kier molecular flexibility index (Phi) is 4.35. The number of hydrogen-bond donors (Lipinski definition) is 1. The summed E-state index contributed by atoms with van der Waals surface area (Å²) >= 11 is 5.14. The minimum absolute atomic E-state index is 0.0495. The predicted octanol–water partition coefficient (Wildman–Crippen LogP) is 2.83. The molecule has 3 nitrogen and oxygen atoms in total. The Morgan fingerprint density at radius 1 is 1.56 bits per heavy atom. The minimum Gasteiger partial charge on any atom is -0.350 e. The van der Waals surface area contributed by atoms with E-state index in [1.54, 1.807) is 10.9 Å². The molecule has 2 atom stereocenters. The number of nitrogens with zero attached hydrogens (tertiary/aromatic N) is 1. The van der Waals surface area contributed by atoms with Crippen molar-refractivity contribution in [2.45, 2.75) is 30.5 Å². The zero-order valence-electron chi connectivity index (χ0n) is 8.99. The van der Waals surface area contributed by atoms with Crippen molar-refractivity contribution < 1.29 is 4.79 Å². The van der Waals surface area contributed by atoms with E-state index in [9.17, 15) is 4.79 Å². The summed E-state index contributed by atoms with van der Waals surface area (Å²) in [5.41, 5.74) is 2.22. The first-order valence-corrected chi connectivity index (χ1v) is 7.43. The fraction of sp³-hybridized carbons (Fsp3) is 0.636. The molecular formula is C11H15BrN2OS. The molecule has 2 rings (SSSR count). The van der Waals surface area contributed by atoms with Crippen LogP contribution >= 0.6 is 27.3 Å². The van der Waals surface area contributed by atoms with E-state index in [-0.39, 0.29) is 5.91 Å². The molecule has 0 aromatic carbocycles. The van der Waals surface area contributed by atoms with Gasteiger partial charge in [0.15, 0.2) is 0 Å². The number of hydrogen-bond acceptors (Lipinski definition) is 3. The second-order valence-electron chi connectivity index (χ2n) is 4.14. The summed E-state index contributed by atoms with van der Waals surface area (Å²) < 4.78 is 0. The summed E-state index contributed by atoms with van der Waals surface area (Å²) in [6.07, 6.45) is 5.00. The van der Waals surface area contributed by atoms with E-state index in [1.165, 1.54) is 37.0 Å². The lowest BCUT2D eigenvalue weighted by molar-refractivity contribution is 0.0940. The smallest absolute Gasteiger partial charge is 0.270 e. The predicted molar refractivity (Wildman–Crippen MR) is 69.1 cm³/mol. The molecule has 0 bridgehead atoms. The number of nitrogens with one attached hydrogen (secondary N) is 1. The molecule has 0 spiro atoms. The van der Waals surface area contributed by atoms with E-state index in [0.717, 1.165) is 6.54 Å². The first-order chi connectivity index (χ1) is 7.77. The molecule has 1 aliphatic rings. The number of alkyl halides is 1. The fourth-order valence-corrected chi connectivity index (χ4v) is 3.34. The Hall–Kier alpha value is -0.420. The zero-order chi connectivity index (χ0) is 11.4. The van der Waals surface area contributed by atoms with Crippen LogP contribution in [0.5, 0.6) is 0 Å². The number of amides is 1. The molecule has 1 fully saturated rings. The van der Waals surface area contributed by atoms with Crippen LogP contribution < -0.4 is 5.32 Å². The van der Waals surface area contributed by atoms with Gasteiger partial charge in [0.2, 0.25) is 0 Å². The van der Waals surface area contributed by atoms with E-state index >= 15 is 0 Å². The van der Waals surface area contributed by atoms with Gasteiger partial charge in [0.25, 0.3) is 5.91 Å². The van der Waals surface area contributed by atoms with Crippen LogP contribution in [0.1, 0.15) is 36.2 Å². The van der Waals surface area contributed by atoms with Gasteiger partial charge in [-0.2, -0.15) is 0 Å². The van der Waals surface area contributed by atoms with Crippen molar-refractivity contribution >= 4 is 33.2 Å². The van der Waals surface area contributed by atoms with E-state index in [1.807, 2.05) is 0 Å². The van der Waals surface area contributed by atoms with Crippen LogP contribution in [0.15, 0.2) is 10.9 Å². The molecular weight excluding hydrogens is 288 g/mol. The van der Waals surface area contributed by atoms with Crippen molar-refractivity contribution in [3.63, 3.8) is 0 Å². The molecule has 1 N–H and O–H groups in total. The average Bonchev–Trinajstić information content (AvgIpc) is 2.81. The quantitative estimate of drug-likeness (QED) is 0.873. The van der Waals surface area contributed by atoms with Crippen LogP contribution in [0.25, 0.3) is 0 Å². The van der Waals surface area contributed by atoms with Crippen LogP contribution in [-0.4, -0.2) is 22.3 Å². The van der Waals surface area contributed by atoms with Gasteiger partial charge in [-0.15, -0.1) is 11.3 Å². The maximum atomic E-state index is 11.7. The fourth-order valence-electron chi connectivity index (χ4n) is 2.03. The SMILES string of the molecule is O=C(NCC1CCCCC1Br)c1cscn1. The second-order valence-corrected chi connectivity index (χ2v) is 6.04. The molecule has 0 saturated heterocycles. The average molecular weight is 303 g/mol. The number of carbonyl (C=O) groups is 1. The lowest BCUT2D eigenvalue weighted by Gasteiger charge is -2.27. The molecule has 16 heavy (non-hydrogen) atoms. The Morgan fingerprint density at radius 2 is 2.38 bits per heavy atom. The van der Waals surface area contributed by atoms with E-state index in [2.05, 4.69) is 26.2 Å². The van der Waals surface area contributed by atoms with Crippen LogP contribution in [0, 0.1) is 5.92 Å². The van der Waals surface area contributed by atoms with Crippen molar-refractivity contribution in [1.29, 1.82) is 0 Å². The summed E-state index contributed by atoms with van der Waals surface area (Å²) in [6, 6.07) is 0. The summed E-state index contributed by atoms with van der Waals surface area (Å²) in [5, 5.41) is 4.74. The van der Waals surface area contributed by atoms with E-state index < -0.39 is 0 Å². The summed E-state index contributed by atoms with van der Waals surface area (Å²) in [4.78, 5) is 16.2. The third-order valence-corrected chi connectivity index (χ3v) is 4.80. The van der Waals surface area contributed by atoms with Gasteiger partial charge in [-0.25, -0.2) is 4.98 Å².